The second-order valence-corrected chi connectivity index (χ2v) is 6.35. The van der Waals surface area contributed by atoms with Gasteiger partial charge in [-0.3, -0.25) is 0 Å². The maximum absolute atomic E-state index is 13.7. The van der Waals surface area contributed by atoms with Gasteiger partial charge in [-0.05, 0) is 37.3 Å². The molecule has 0 bridgehead atoms. The minimum atomic E-state index is -0.141. The van der Waals surface area contributed by atoms with Crippen LogP contribution in [0.3, 0.4) is 0 Å². The van der Waals surface area contributed by atoms with E-state index < -0.39 is 0 Å². The number of benzene rings is 1. The van der Waals surface area contributed by atoms with E-state index in [1.54, 1.807) is 0 Å². The molecule has 1 aromatic rings. The fraction of sp³-hybridized carbons (Fsp3) is 0.571. The molecule has 0 radical (unpaired) electrons. The molecular formula is C14H19BrFN. The molecule has 1 fully saturated rings. The zero-order chi connectivity index (χ0) is 12.5. The van der Waals surface area contributed by atoms with Crippen LogP contribution in [0.2, 0.25) is 0 Å². The third-order valence-corrected chi connectivity index (χ3v) is 4.32. The van der Waals surface area contributed by atoms with Gasteiger partial charge in [-0.25, -0.2) is 4.39 Å². The summed E-state index contributed by atoms with van der Waals surface area (Å²) in [6, 6.07) is 5.33. The molecule has 0 aromatic heterocycles. The Bertz CT molecular complexity index is 401. The molecule has 0 heterocycles. The van der Waals surface area contributed by atoms with Crippen LogP contribution in [0.5, 0.6) is 0 Å². The molecule has 1 aliphatic carbocycles. The standard InChI is InChI=1S/C14H19BrFN/c1-10(17-9-14(2)6-3-7-14)12-5-4-11(15)8-13(12)16/h4-5,8,10,17H,3,6-7,9H2,1-2H3. The Balaban J connectivity index is 1.96. The Morgan fingerprint density at radius 1 is 1.47 bits per heavy atom. The van der Waals surface area contributed by atoms with Gasteiger partial charge in [-0.15, -0.1) is 0 Å². The Morgan fingerprint density at radius 3 is 2.71 bits per heavy atom. The molecule has 3 heteroatoms. The van der Waals surface area contributed by atoms with Gasteiger partial charge in [0.1, 0.15) is 5.82 Å². The highest BCUT2D eigenvalue weighted by Gasteiger charge is 2.31. The largest absolute Gasteiger partial charge is 0.310 e. The van der Waals surface area contributed by atoms with Crippen LogP contribution in [0.15, 0.2) is 22.7 Å². The zero-order valence-corrected chi connectivity index (χ0v) is 12.0. The Kier molecular flexibility index (Phi) is 3.88. The molecular weight excluding hydrogens is 281 g/mol. The molecule has 1 unspecified atom stereocenters. The van der Waals surface area contributed by atoms with Crippen molar-refractivity contribution in [3.63, 3.8) is 0 Å². The summed E-state index contributed by atoms with van der Waals surface area (Å²) >= 11 is 3.28. The van der Waals surface area contributed by atoms with Crippen LogP contribution in [0.4, 0.5) is 4.39 Å². The number of nitrogens with one attached hydrogen (secondary N) is 1. The average molecular weight is 300 g/mol. The monoisotopic (exact) mass is 299 g/mol. The molecule has 1 aromatic carbocycles. The number of rotatable bonds is 4. The predicted octanol–water partition coefficient (Wildman–Crippen LogP) is 4.43. The van der Waals surface area contributed by atoms with Gasteiger partial charge in [0.25, 0.3) is 0 Å². The Morgan fingerprint density at radius 2 is 2.18 bits per heavy atom. The molecule has 1 nitrogen and oxygen atoms in total. The number of halogens is 2. The molecule has 1 atom stereocenters. The summed E-state index contributed by atoms with van der Waals surface area (Å²) in [5.74, 6) is -0.141. The van der Waals surface area contributed by atoms with Crippen LogP contribution >= 0.6 is 15.9 Å². The second kappa shape index (κ2) is 5.07. The molecule has 0 spiro atoms. The van der Waals surface area contributed by atoms with Gasteiger partial charge in [0, 0.05) is 22.6 Å². The fourth-order valence-corrected chi connectivity index (χ4v) is 2.65. The maximum Gasteiger partial charge on any atom is 0.129 e. The minimum Gasteiger partial charge on any atom is -0.310 e. The summed E-state index contributed by atoms with van der Waals surface area (Å²) in [7, 11) is 0. The lowest BCUT2D eigenvalue weighted by atomic mass is 9.70. The quantitative estimate of drug-likeness (QED) is 0.867. The zero-order valence-electron chi connectivity index (χ0n) is 10.4. The van der Waals surface area contributed by atoms with Crippen LogP contribution < -0.4 is 5.32 Å². The van der Waals surface area contributed by atoms with Crippen LogP contribution in [0.1, 0.15) is 44.7 Å². The first-order valence-electron chi connectivity index (χ1n) is 6.18. The van der Waals surface area contributed by atoms with Gasteiger partial charge in [0.05, 0.1) is 0 Å². The minimum absolute atomic E-state index is 0.0699. The van der Waals surface area contributed by atoms with Gasteiger partial charge in [0.15, 0.2) is 0 Å². The summed E-state index contributed by atoms with van der Waals surface area (Å²) in [6.07, 6.45) is 3.91. The van der Waals surface area contributed by atoms with Gasteiger partial charge in [-0.1, -0.05) is 35.3 Å². The SMILES string of the molecule is CC(NCC1(C)CCC1)c1ccc(Br)cc1F. The van der Waals surface area contributed by atoms with Crippen LogP contribution in [-0.2, 0) is 0 Å². The molecule has 0 saturated heterocycles. The molecule has 94 valence electrons. The molecule has 1 saturated carbocycles. The van der Waals surface area contributed by atoms with E-state index in [2.05, 4.69) is 28.2 Å². The predicted molar refractivity (Wildman–Crippen MR) is 72.5 cm³/mol. The van der Waals surface area contributed by atoms with Crippen molar-refractivity contribution in [1.29, 1.82) is 0 Å². The van der Waals surface area contributed by atoms with Crippen molar-refractivity contribution in [3.05, 3.63) is 34.1 Å². The lowest BCUT2D eigenvalue weighted by Crippen LogP contribution is -2.38. The van der Waals surface area contributed by atoms with E-state index in [1.165, 1.54) is 25.3 Å². The van der Waals surface area contributed by atoms with E-state index in [0.29, 0.717) is 5.41 Å². The highest BCUT2D eigenvalue weighted by Crippen LogP contribution is 2.39. The second-order valence-electron chi connectivity index (χ2n) is 5.43. The first-order valence-corrected chi connectivity index (χ1v) is 6.98. The maximum atomic E-state index is 13.7. The van der Waals surface area contributed by atoms with Crippen LogP contribution in [-0.4, -0.2) is 6.54 Å². The van der Waals surface area contributed by atoms with Crippen molar-refractivity contribution in [2.45, 2.75) is 39.2 Å². The van der Waals surface area contributed by atoms with Crippen molar-refractivity contribution in [1.82, 2.24) is 5.32 Å². The third kappa shape index (κ3) is 3.08. The summed E-state index contributed by atoms with van der Waals surface area (Å²) in [5.41, 5.74) is 1.18. The van der Waals surface area contributed by atoms with Crippen LogP contribution in [0, 0.1) is 11.2 Å². The van der Waals surface area contributed by atoms with E-state index in [0.717, 1.165) is 16.6 Å². The number of hydrogen-bond acceptors (Lipinski definition) is 1. The van der Waals surface area contributed by atoms with Crippen molar-refractivity contribution in [3.8, 4) is 0 Å². The molecule has 1 N–H and O–H groups in total. The fourth-order valence-electron chi connectivity index (χ4n) is 2.32. The Labute approximate surface area is 111 Å². The van der Waals surface area contributed by atoms with Crippen molar-refractivity contribution >= 4 is 15.9 Å². The van der Waals surface area contributed by atoms with E-state index in [1.807, 2.05) is 19.1 Å². The first-order chi connectivity index (χ1) is 8.00. The van der Waals surface area contributed by atoms with E-state index in [4.69, 9.17) is 0 Å². The lowest BCUT2D eigenvalue weighted by molar-refractivity contribution is 0.151. The highest BCUT2D eigenvalue weighted by atomic mass is 79.9. The average Bonchev–Trinajstić information content (AvgIpc) is 2.23. The molecule has 0 amide bonds. The third-order valence-electron chi connectivity index (χ3n) is 3.82. The van der Waals surface area contributed by atoms with Crippen molar-refractivity contribution in [2.24, 2.45) is 5.41 Å². The normalized spacial score (nSPS) is 19.8. The number of hydrogen-bond donors (Lipinski definition) is 1. The van der Waals surface area contributed by atoms with E-state index >= 15 is 0 Å². The molecule has 17 heavy (non-hydrogen) atoms. The van der Waals surface area contributed by atoms with Gasteiger partial charge < -0.3 is 5.32 Å². The summed E-state index contributed by atoms with van der Waals surface area (Å²) < 4.78 is 14.5. The van der Waals surface area contributed by atoms with Crippen LogP contribution in [0.25, 0.3) is 0 Å². The molecule has 1 aliphatic rings. The summed E-state index contributed by atoms with van der Waals surface area (Å²) in [6.45, 7) is 5.30. The molecule has 0 aliphatic heterocycles. The summed E-state index contributed by atoms with van der Waals surface area (Å²) in [4.78, 5) is 0. The van der Waals surface area contributed by atoms with Gasteiger partial charge in [-0.2, -0.15) is 0 Å². The van der Waals surface area contributed by atoms with Crippen molar-refractivity contribution in [2.75, 3.05) is 6.54 Å². The van der Waals surface area contributed by atoms with E-state index in [-0.39, 0.29) is 11.9 Å². The van der Waals surface area contributed by atoms with E-state index in [9.17, 15) is 4.39 Å². The summed E-state index contributed by atoms with van der Waals surface area (Å²) in [5, 5.41) is 3.45. The lowest BCUT2D eigenvalue weighted by Gasteiger charge is -2.39. The topological polar surface area (TPSA) is 12.0 Å². The van der Waals surface area contributed by atoms with Crippen molar-refractivity contribution < 1.29 is 4.39 Å². The highest BCUT2D eigenvalue weighted by molar-refractivity contribution is 9.10. The Hall–Kier alpha value is -0.410. The van der Waals surface area contributed by atoms with Gasteiger partial charge in [0.2, 0.25) is 0 Å². The molecule has 2 rings (SSSR count). The van der Waals surface area contributed by atoms with Gasteiger partial charge >= 0.3 is 0 Å². The smallest absolute Gasteiger partial charge is 0.129 e. The first kappa shape index (κ1) is 13.0.